The largest absolute Gasteiger partial charge is 0.352 e. The normalized spacial score (nSPS) is 11.5. The van der Waals surface area contributed by atoms with Crippen molar-refractivity contribution in [2.75, 3.05) is 6.54 Å². The summed E-state index contributed by atoms with van der Waals surface area (Å²) < 4.78 is 27.6. The molecule has 2 aromatic rings. The van der Waals surface area contributed by atoms with Crippen LogP contribution in [0.5, 0.6) is 0 Å². The number of carbonyl (C=O) groups excluding carboxylic acids is 1. The number of rotatable bonds is 7. The minimum atomic E-state index is -3.69. The number of hydrogen-bond donors (Lipinski definition) is 2. The SMILES string of the molecule is Cc1cccc(CNS(=O)(=O)c2cccc(C(=O)NCC(C)C)c2)c1. The first-order chi connectivity index (χ1) is 11.8. The van der Waals surface area contributed by atoms with E-state index in [0.29, 0.717) is 18.0 Å². The van der Waals surface area contributed by atoms with Gasteiger partial charge in [0.25, 0.3) is 5.91 Å². The van der Waals surface area contributed by atoms with Gasteiger partial charge in [0, 0.05) is 18.7 Å². The molecule has 6 heteroatoms. The molecule has 2 aromatic carbocycles. The molecule has 134 valence electrons. The van der Waals surface area contributed by atoms with Crippen LogP contribution >= 0.6 is 0 Å². The highest BCUT2D eigenvalue weighted by Crippen LogP contribution is 2.13. The maximum absolute atomic E-state index is 12.5. The molecule has 2 N–H and O–H groups in total. The van der Waals surface area contributed by atoms with Crippen LogP contribution in [0.4, 0.5) is 0 Å². The first-order valence-corrected chi connectivity index (χ1v) is 9.70. The molecule has 0 saturated carbocycles. The molecule has 25 heavy (non-hydrogen) atoms. The number of benzene rings is 2. The van der Waals surface area contributed by atoms with Crippen LogP contribution in [-0.2, 0) is 16.6 Å². The predicted octanol–water partition coefficient (Wildman–Crippen LogP) is 2.86. The van der Waals surface area contributed by atoms with Gasteiger partial charge in [-0.1, -0.05) is 49.7 Å². The van der Waals surface area contributed by atoms with Crippen molar-refractivity contribution in [3.8, 4) is 0 Å². The van der Waals surface area contributed by atoms with Gasteiger partial charge < -0.3 is 5.32 Å². The van der Waals surface area contributed by atoms with Crippen LogP contribution in [0.2, 0.25) is 0 Å². The summed E-state index contributed by atoms with van der Waals surface area (Å²) in [6.45, 7) is 6.69. The minimum Gasteiger partial charge on any atom is -0.352 e. The number of amides is 1. The van der Waals surface area contributed by atoms with Gasteiger partial charge in [-0.05, 0) is 36.6 Å². The highest BCUT2D eigenvalue weighted by Gasteiger charge is 2.16. The zero-order valence-electron chi connectivity index (χ0n) is 14.7. The predicted molar refractivity (Wildman–Crippen MR) is 98.8 cm³/mol. The molecule has 1 amide bonds. The number of sulfonamides is 1. The van der Waals surface area contributed by atoms with Crippen LogP contribution in [0, 0.1) is 12.8 Å². The Morgan fingerprint density at radius 3 is 2.48 bits per heavy atom. The van der Waals surface area contributed by atoms with Crippen LogP contribution < -0.4 is 10.0 Å². The van der Waals surface area contributed by atoms with Crippen molar-refractivity contribution >= 4 is 15.9 Å². The molecule has 0 unspecified atom stereocenters. The van der Waals surface area contributed by atoms with Crippen molar-refractivity contribution in [3.05, 3.63) is 65.2 Å². The second-order valence-electron chi connectivity index (χ2n) is 6.45. The van der Waals surface area contributed by atoms with Crippen molar-refractivity contribution in [1.29, 1.82) is 0 Å². The summed E-state index contributed by atoms with van der Waals surface area (Å²) in [7, 11) is -3.69. The van der Waals surface area contributed by atoms with Gasteiger partial charge in [-0.2, -0.15) is 0 Å². The van der Waals surface area contributed by atoms with E-state index in [4.69, 9.17) is 0 Å². The second-order valence-corrected chi connectivity index (χ2v) is 8.21. The van der Waals surface area contributed by atoms with Crippen molar-refractivity contribution in [3.63, 3.8) is 0 Å². The first-order valence-electron chi connectivity index (χ1n) is 8.21. The molecule has 0 bridgehead atoms. The number of hydrogen-bond acceptors (Lipinski definition) is 3. The fourth-order valence-electron chi connectivity index (χ4n) is 2.29. The Hall–Kier alpha value is -2.18. The Morgan fingerprint density at radius 2 is 1.80 bits per heavy atom. The third-order valence-corrected chi connectivity index (χ3v) is 5.03. The number of carbonyl (C=O) groups is 1. The highest BCUT2D eigenvalue weighted by molar-refractivity contribution is 7.89. The standard InChI is InChI=1S/C19H24N2O3S/c1-14(2)12-20-19(22)17-8-5-9-18(11-17)25(23,24)21-13-16-7-4-6-15(3)10-16/h4-11,14,21H,12-13H2,1-3H3,(H,20,22). The van der Waals surface area contributed by atoms with Gasteiger partial charge >= 0.3 is 0 Å². The second kappa shape index (κ2) is 8.27. The lowest BCUT2D eigenvalue weighted by Gasteiger charge is -2.10. The molecule has 0 aromatic heterocycles. The van der Waals surface area contributed by atoms with E-state index in [1.165, 1.54) is 12.1 Å². The van der Waals surface area contributed by atoms with Gasteiger partial charge in [0.1, 0.15) is 0 Å². The van der Waals surface area contributed by atoms with Crippen LogP contribution in [0.25, 0.3) is 0 Å². The molecule has 0 atom stereocenters. The Bertz CT molecular complexity index is 845. The quantitative estimate of drug-likeness (QED) is 0.797. The fourth-order valence-corrected chi connectivity index (χ4v) is 3.35. The lowest BCUT2D eigenvalue weighted by atomic mass is 10.1. The van der Waals surface area contributed by atoms with Crippen molar-refractivity contribution in [2.24, 2.45) is 5.92 Å². The van der Waals surface area contributed by atoms with Gasteiger partial charge in [-0.3, -0.25) is 4.79 Å². The van der Waals surface area contributed by atoms with E-state index in [9.17, 15) is 13.2 Å². The van der Waals surface area contributed by atoms with Gasteiger partial charge in [-0.15, -0.1) is 0 Å². The molecule has 0 aliphatic carbocycles. The van der Waals surface area contributed by atoms with Crippen molar-refractivity contribution in [1.82, 2.24) is 10.0 Å². The van der Waals surface area contributed by atoms with E-state index in [1.54, 1.807) is 12.1 Å². The molecule has 0 aliphatic rings. The van der Waals surface area contributed by atoms with E-state index in [0.717, 1.165) is 11.1 Å². The maximum atomic E-state index is 12.5. The summed E-state index contributed by atoms with van der Waals surface area (Å²) in [6, 6.07) is 13.7. The molecule has 2 rings (SSSR count). The van der Waals surface area contributed by atoms with E-state index in [2.05, 4.69) is 10.0 Å². The summed E-state index contributed by atoms with van der Waals surface area (Å²) in [5.74, 6) is 0.0521. The number of aryl methyl sites for hydroxylation is 1. The van der Waals surface area contributed by atoms with E-state index < -0.39 is 10.0 Å². The molecule has 5 nitrogen and oxygen atoms in total. The summed E-state index contributed by atoms with van der Waals surface area (Å²) in [4.78, 5) is 12.2. The smallest absolute Gasteiger partial charge is 0.251 e. The first kappa shape index (κ1) is 19.1. The van der Waals surface area contributed by atoms with Gasteiger partial charge in [-0.25, -0.2) is 13.1 Å². The van der Waals surface area contributed by atoms with Gasteiger partial charge in [0.2, 0.25) is 10.0 Å². The molecule has 0 saturated heterocycles. The zero-order chi connectivity index (χ0) is 18.4. The van der Waals surface area contributed by atoms with Crippen molar-refractivity contribution in [2.45, 2.75) is 32.2 Å². The minimum absolute atomic E-state index is 0.0809. The Labute approximate surface area is 149 Å². The summed E-state index contributed by atoms with van der Waals surface area (Å²) >= 11 is 0. The molecule has 0 fully saturated rings. The molecule has 0 heterocycles. The third kappa shape index (κ3) is 5.69. The molecule has 0 spiro atoms. The summed E-state index contributed by atoms with van der Waals surface area (Å²) in [6.07, 6.45) is 0. The molecular weight excluding hydrogens is 336 g/mol. The van der Waals surface area contributed by atoms with Crippen LogP contribution in [0.15, 0.2) is 53.4 Å². The van der Waals surface area contributed by atoms with Gasteiger partial charge in [0.15, 0.2) is 0 Å². The molecular formula is C19H24N2O3S. The van der Waals surface area contributed by atoms with E-state index >= 15 is 0 Å². The highest BCUT2D eigenvalue weighted by atomic mass is 32.2. The van der Waals surface area contributed by atoms with Crippen molar-refractivity contribution < 1.29 is 13.2 Å². The maximum Gasteiger partial charge on any atom is 0.251 e. The van der Waals surface area contributed by atoms with E-state index in [-0.39, 0.29) is 17.3 Å². The van der Waals surface area contributed by atoms with Crippen LogP contribution in [0.1, 0.15) is 35.3 Å². The average Bonchev–Trinajstić information content (AvgIpc) is 2.58. The number of nitrogens with one attached hydrogen (secondary N) is 2. The average molecular weight is 360 g/mol. The Balaban J connectivity index is 2.11. The van der Waals surface area contributed by atoms with Gasteiger partial charge in [0.05, 0.1) is 4.90 Å². The Kier molecular flexibility index (Phi) is 6.33. The zero-order valence-corrected chi connectivity index (χ0v) is 15.6. The lowest BCUT2D eigenvalue weighted by molar-refractivity contribution is 0.0949. The topological polar surface area (TPSA) is 75.3 Å². The van der Waals surface area contributed by atoms with Crippen LogP contribution in [0.3, 0.4) is 0 Å². The summed E-state index contributed by atoms with van der Waals surface area (Å²) in [5.41, 5.74) is 2.29. The molecule has 0 aliphatic heterocycles. The third-order valence-electron chi connectivity index (χ3n) is 3.63. The lowest BCUT2D eigenvalue weighted by Crippen LogP contribution is -2.28. The monoisotopic (exact) mass is 360 g/mol. The summed E-state index contributed by atoms with van der Waals surface area (Å²) in [5, 5.41) is 2.79. The Morgan fingerprint density at radius 1 is 1.08 bits per heavy atom. The fraction of sp³-hybridized carbons (Fsp3) is 0.316. The molecule has 0 radical (unpaired) electrons. The van der Waals surface area contributed by atoms with E-state index in [1.807, 2.05) is 45.0 Å². The van der Waals surface area contributed by atoms with Crippen LogP contribution in [-0.4, -0.2) is 20.9 Å².